The minimum atomic E-state index is -0.386. The van der Waals surface area contributed by atoms with Gasteiger partial charge in [-0.2, -0.15) is 0 Å². The highest BCUT2D eigenvalue weighted by molar-refractivity contribution is 8.00. The molecule has 7 heteroatoms. The van der Waals surface area contributed by atoms with Gasteiger partial charge in [-0.25, -0.2) is 0 Å². The molecular weight excluding hydrogens is 350 g/mol. The topological polar surface area (TPSA) is 77.2 Å². The molecule has 0 aliphatic carbocycles. The van der Waals surface area contributed by atoms with Crippen LogP contribution in [-0.4, -0.2) is 28.5 Å². The van der Waals surface area contributed by atoms with Gasteiger partial charge in [0, 0.05) is 11.3 Å². The Morgan fingerprint density at radius 2 is 1.81 bits per heavy atom. The van der Waals surface area contributed by atoms with Gasteiger partial charge in [0.25, 0.3) is 5.22 Å². The van der Waals surface area contributed by atoms with Gasteiger partial charge >= 0.3 is 0 Å². The summed E-state index contributed by atoms with van der Waals surface area (Å²) in [5.41, 5.74) is 2.71. The van der Waals surface area contributed by atoms with Crippen molar-refractivity contribution >= 4 is 23.4 Å². The average Bonchev–Trinajstić information content (AvgIpc) is 3.11. The van der Waals surface area contributed by atoms with E-state index in [4.69, 9.17) is 9.15 Å². The molecular formula is C19H19N3O3S. The molecule has 6 nitrogen and oxygen atoms in total. The second-order valence-electron chi connectivity index (χ2n) is 5.72. The zero-order valence-electron chi connectivity index (χ0n) is 14.7. The summed E-state index contributed by atoms with van der Waals surface area (Å²) in [6.07, 6.45) is 0. The van der Waals surface area contributed by atoms with E-state index in [1.807, 2.05) is 31.2 Å². The molecule has 2 aromatic carbocycles. The van der Waals surface area contributed by atoms with Crippen LogP contribution in [0.2, 0.25) is 0 Å². The predicted octanol–water partition coefficient (Wildman–Crippen LogP) is 4.17. The summed E-state index contributed by atoms with van der Waals surface area (Å²) >= 11 is 1.22. The number of benzene rings is 2. The Bertz CT molecular complexity index is 876. The number of aryl methyl sites for hydroxylation is 1. The zero-order valence-corrected chi connectivity index (χ0v) is 15.5. The highest BCUT2D eigenvalue weighted by atomic mass is 32.2. The van der Waals surface area contributed by atoms with Gasteiger partial charge in [-0.05, 0) is 50.2 Å². The second kappa shape index (κ2) is 8.05. The number of rotatable bonds is 6. The first-order chi connectivity index (χ1) is 12.5. The van der Waals surface area contributed by atoms with Crippen LogP contribution in [0.25, 0.3) is 11.5 Å². The first-order valence-electron chi connectivity index (χ1n) is 8.07. The molecule has 1 heterocycles. The van der Waals surface area contributed by atoms with Crippen molar-refractivity contribution in [1.82, 2.24) is 10.2 Å². The molecule has 1 unspecified atom stereocenters. The van der Waals surface area contributed by atoms with Crippen LogP contribution in [0, 0.1) is 6.92 Å². The molecule has 1 aromatic heterocycles. The molecule has 26 heavy (non-hydrogen) atoms. The molecule has 0 bridgehead atoms. The van der Waals surface area contributed by atoms with Gasteiger partial charge in [0.1, 0.15) is 5.75 Å². The Hall–Kier alpha value is -2.80. The van der Waals surface area contributed by atoms with E-state index in [9.17, 15) is 4.79 Å². The third-order valence-electron chi connectivity index (χ3n) is 3.71. The minimum Gasteiger partial charge on any atom is -0.497 e. The lowest BCUT2D eigenvalue weighted by Crippen LogP contribution is -2.22. The number of hydrogen-bond acceptors (Lipinski definition) is 6. The van der Waals surface area contributed by atoms with Crippen molar-refractivity contribution in [3.8, 4) is 17.2 Å². The lowest BCUT2D eigenvalue weighted by Gasteiger charge is -2.10. The summed E-state index contributed by atoms with van der Waals surface area (Å²) in [6, 6.07) is 15.0. The first-order valence-corrected chi connectivity index (χ1v) is 8.95. The molecule has 0 aliphatic rings. The maximum absolute atomic E-state index is 12.3. The largest absolute Gasteiger partial charge is 0.497 e. The molecule has 1 amide bonds. The Morgan fingerprint density at radius 3 is 2.46 bits per heavy atom. The Balaban J connectivity index is 1.61. The van der Waals surface area contributed by atoms with Crippen LogP contribution >= 0.6 is 11.8 Å². The van der Waals surface area contributed by atoms with Crippen LogP contribution in [0.4, 0.5) is 5.69 Å². The predicted molar refractivity (Wildman–Crippen MR) is 101 cm³/mol. The number of thioether (sulfide) groups is 1. The number of amides is 1. The van der Waals surface area contributed by atoms with Gasteiger partial charge in [-0.15, -0.1) is 10.2 Å². The number of carbonyl (C=O) groups is 1. The zero-order chi connectivity index (χ0) is 18.5. The van der Waals surface area contributed by atoms with Gasteiger partial charge in [-0.1, -0.05) is 29.5 Å². The van der Waals surface area contributed by atoms with Crippen molar-refractivity contribution in [3.63, 3.8) is 0 Å². The molecule has 0 fully saturated rings. The number of methoxy groups -OCH3 is 1. The molecule has 0 saturated heterocycles. The van der Waals surface area contributed by atoms with Crippen molar-refractivity contribution in [2.45, 2.75) is 24.3 Å². The fourth-order valence-electron chi connectivity index (χ4n) is 2.19. The lowest BCUT2D eigenvalue weighted by molar-refractivity contribution is -0.115. The summed E-state index contributed by atoms with van der Waals surface area (Å²) in [6.45, 7) is 3.81. The first kappa shape index (κ1) is 18.0. The highest BCUT2D eigenvalue weighted by Crippen LogP contribution is 2.27. The highest BCUT2D eigenvalue weighted by Gasteiger charge is 2.19. The van der Waals surface area contributed by atoms with Gasteiger partial charge in [-0.3, -0.25) is 4.79 Å². The fraction of sp³-hybridized carbons (Fsp3) is 0.211. The van der Waals surface area contributed by atoms with E-state index in [0.717, 1.165) is 16.9 Å². The van der Waals surface area contributed by atoms with Crippen LogP contribution in [0.1, 0.15) is 12.5 Å². The van der Waals surface area contributed by atoms with Crippen LogP contribution in [0.15, 0.2) is 58.2 Å². The van der Waals surface area contributed by atoms with Crippen LogP contribution in [0.3, 0.4) is 0 Å². The molecule has 0 radical (unpaired) electrons. The maximum atomic E-state index is 12.3. The van der Waals surface area contributed by atoms with Crippen molar-refractivity contribution in [2.75, 3.05) is 12.4 Å². The number of anilines is 1. The molecule has 3 rings (SSSR count). The number of nitrogens with zero attached hydrogens (tertiary/aromatic N) is 2. The molecule has 0 saturated carbocycles. The lowest BCUT2D eigenvalue weighted by atomic mass is 10.1. The van der Waals surface area contributed by atoms with E-state index in [2.05, 4.69) is 15.5 Å². The average molecular weight is 369 g/mol. The van der Waals surface area contributed by atoms with E-state index in [1.54, 1.807) is 38.3 Å². The number of ether oxygens (including phenoxy) is 1. The Morgan fingerprint density at radius 1 is 1.12 bits per heavy atom. The second-order valence-corrected chi connectivity index (χ2v) is 7.01. The van der Waals surface area contributed by atoms with Crippen molar-refractivity contribution in [1.29, 1.82) is 0 Å². The van der Waals surface area contributed by atoms with E-state index in [0.29, 0.717) is 16.8 Å². The summed E-state index contributed by atoms with van der Waals surface area (Å²) in [4.78, 5) is 12.3. The third kappa shape index (κ3) is 4.43. The summed E-state index contributed by atoms with van der Waals surface area (Å²) < 4.78 is 10.8. The number of carbonyl (C=O) groups excluding carboxylic acids is 1. The quantitative estimate of drug-likeness (QED) is 0.657. The SMILES string of the molecule is COc1ccc(NC(=O)C(C)Sc2nnc(-c3ccc(C)cc3)o2)cc1. The van der Waals surface area contributed by atoms with E-state index >= 15 is 0 Å². The summed E-state index contributed by atoms with van der Waals surface area (Å²) in [7, 11) is 1.60. The fourth-order valence-corrected chi connectivity index (χ4v) is 2.88. The maximum Gasteiger partial charge on any atom is 0.277 e. The summed E-state index contributed by atoms with van der Waals surface area (Å²) in [5.74, 6) is 1.03. The van der Waals surface area contributed by atoms with Crippen LogP contribution in [-0.2, 0) is 4.79 Å². The molecule has 3 aromatic rings. The van der Waals surface area contributed by atoms with Crippen LogP contribution in [0.5, 0.6) is 5.75 Å². The molecule has 1 atom stereocenters. The van der Waals surface area contributed by atoms with E-state index in [1.165, 1.54) is 11.8 Å². The van der Waals surface area contributed by atoms with Crippen molar-refractivity contribution < 1.29 is 13.9 Å². The smallest absolute Gasteiger partial charge is 0.277 e. The Kier molecular flexibility index (Phi) is 5.58. The van der Waals surface area contributed by atoms with Gasteiger partial charge in [0.2, 0.25) is 11.8 Å². The van der Waals surface area contributed by atoms with Crippen LogP contribution < -0.4 is 10.1 Å². The molecule has 1 N–H and O–H groups in total. The third-order valence-corrected chi connectivity index (χ3v) is 4.64. The van der Waals surface area contributed by atoms with Gasteiger partial charge < -0.3 is 14.5 Å². The van der Waals surface area contributed by atoms with Gasteiger partial charge in [0.05, 0.1) is 12.4 Å². The number of aromatic nitrogens is 2. The standard InChI is InChI=1S/C19H19N3O3S/c1-12-4-6-14(7-5-12)18-21-22-19(25-18)26-13(2)17(23)20-15-8-10-16(24-3)11-9-15/h4-11,13H,1-3H3,(H,20,23). The normalized spacial score (nSPS) is 11.8. The van der Waals surface area contributed by atoms with Crippen molar-refractivity contribution in [2.24, 2.45) is 0 Å². The summed E-state index contributed by atoms with van der Waals surface area (Å²) in [5, 5.41) is 10.9. The molecule has 0 spiro atoms. The van der Waals surface area contributed by atoms with E-state index in [-0.39, 0.29) is 11.2 Å². The number of nitrogens with one attached hydrogen (secondary N) is 1. The Labute approximate surface area is 156 Å². The minimum absolute atomic E-state index is 0.143. The monoisotopic (exact) mass is 369 g/mol. The van der Waals surface area contributed by atoms with E-state index < -0.39 is 0 Å². The number of hydrogen-bond donors (Lipinski definition) is 1. The van der Waals surface area contributed by atoms with Gasteiger partial charge in [0.15, 0.2) is 0 Å². The van der Waals surface area contributed by atoms with Crippen molar-refractivity contribution in [3.05, 3.63) is 54.1 Å². The molecule has 0 aliphatic heterocycles. The molecule has 134 valence electrons.